The van der Waals surface area contributed by atoms with Crippen molar-refractivity contribution in [2.75, 3.05) is 5.75 Å². The normalized spacial score (nSPS) is 10.6. The third-order valence-corrected chi connectivity index (χ3v) is 0.680. The number of nitriles is 1. The second-order valence-electron chi connectivity index (χ2n) is 0.861. The van der Waals surface area contributed by atoms with Crippen molar-refractivity contribution in [3.63, 3.8) is 0 Å². The molecule has 0 saturated carbocycles. The lowest BCUT2D eigenvalue weighted by atomic mass is 10.7. The Kier molecular flexibility index (Phi) is 3.15. The molecule has 0 unspecified atom stereocenters. The van der Waals surface area contributed by atoms with Crippen LogP contribution in [0.4, 0.5) is 0 Å². The van der Waals surface area contributed by atoms with Gasteiger partial charge in [0.15, 0.2) is 0 Å². The van der Waals surface area contributed by atoms with Crippen LogP contribution in [0.15, 0.2) is 4.99 Å². The van der Waals surface area contributed by atoms with Crippen molar-refractivity contribution >= 4 is 18.5 Å². The Balaban J connectivity index is 3.56. The highest BCUT2D eigenvalue weighted by Gasteiger charge is 1.80. The molecule has 0 radical (unpaired) electrons. The fourth-order valence-corrected chi connectivity index (χ4v) is 0.170. The van der Waals surface area contributed by atoms with Crippen LogP contribution in [0.1, 0.15) is 0 Å². The number of thiol groups is 1. The van der Waals surface area contributed by atoms with Crippen LogP contribution in [-0.4, -0.2) is 11.6 Å². The zero-order valence-corrected chi connectivity index (χ0v) is 4.52. The molecule has 2 N–H and O–H groups in total. The van der Waals surface area contributed by atoms with Crippen LogP contribution in [0, 0.1) is 11.5 Å². The van der Waals surface area contributed by atoms with Gasteiger partial charge in [0.1, 0.15) is 5.84 Å². The summed E-state index contributed by atoms with van der Waals surface area (Å²) in [6, 6.07) is 0. The van der Waals surface area contributed by atoms with Crippen LogP contribution >= 0.6 is 12.6 Å². The summed E-state index contributed by atoms with van der Waals surface area (Å²) in [7, 11) is 0. The molecular weight excluding hydrogens is 110 g/mol. The predicted octanol–water partition coefficient (Wildman–Crippen LogP) is -0.246. The van der Waals surface area contributed by atoms with Gasteiger partial charge in [-0.2, -0.15) is 22.9 Å². The number of nitrogens with zero attached hydrogens (tertiary/aromatic N) is 2. The lowest BCUT2D eigenvalue weighted by molar-refractivity contribution is 1.41. The Morgan fingerprint density at radius 3 is 2.71 bits per heavy atom. The number of hydrogen-bond acceptors (Lipinski definition) is 3. The summed E-state index contributed by atoms with van der Waals surface area (Å²) in [5.74, 6) is 0.596. The quantitative estimate of drug-likeness (QED) is 0.214. The number of aliphatic imine (C=N–C) groups is 1. The highest BCUT2D eigenvalue weighted by molar-refractivity contribution is 7.81. The van der Waals surface area contributed by atoms with Gasteiger partial charge in [0, 0.05) is 5.75 Å². The number of nitrogens with two attached hydrogens (primary N) is 1. The molecule has 0 heterocycles. The molecule has 0 amide bonds. The van der Waals surface area contributed by atoms with E-state index in [1.54, 1.807) is 0 Å². The van der Waals surface area contributed by atoms with Gasteiger partial charge in [0.2, 0.25) is 6.19 Å². The van der Waals surface area contributed by atoms with Crippen LogP contribution in [0.25, 0.3) is 0 Å². The van der Waals surface area contributed by atoms with Gasteiger partial charge in [-0.15, -0.1) is 0 Å². The molecule has 0 aliphatic carbocycles. The molecule has 0 aromatic heterocycles. The van der Waals surface area contributed by atoms with Gasteiger partial charge >= 0.3 is 0 Å². The van der Waals surface area contributed by atoms with Gasteiger partial charge in [0.05, 0.1) is 0 Å². The van der Waals surface area contributed by atoms with E-state index in [4.69, 9.17) is 11.0 Å². The predicted molar refractivity (Wildman–Crippen MR) is 31.1 cm³/mol. The molecule has 0 bridgehead atoms. The van der Waals surface area contributed by atoms with Crippen LogP contribution in [-0.2, 0) is 0 Å². The molecule has 0 saturated heterocycles. The monoisotopic (exact) mass is 115 g/mol. The fraction of sp³-hybridized carbons (Fsp3) is 0.333. The SMILES string of the molecule is N#CN=C(N)CS. The lowest BCUT2D eigenvalue weighted by Gasteiger charge is -1.82. The number of amidine groups is 1. The lowest BCUT2D eigenvalue weighted by Crippen LogP contribution is -2.11. The highest BCUT2D eigenvalue weighted by Crippen LogP contribution is 1.71. The van der Waals surface area contributed by atoms with E-state index in [-0.39, 0.29) is 5.84 Å². The summed E-state index contributed by atoms with van der Waals surface area (Å²) < 4.78 is 0. The summed E-state index contributed by atoms with van der Waals surface area (Å²) in [5.41, 5.74) is 5.03. The van der Waals surface area contributed by atoms with E-state index in [9.17, 15) is 0 Å². The van der Waals surface area contributed by atoms with Gasteiger partial charge < -0.3 is 5.73 Å². The fourth-order valence-electron chi connectivity index (χ4n) is 0.0996. The van der Waals surface area contributed by atoms with Crippen molar-refractivity contribution in [3.05, 3.63) is 0 Å². The van der Waals surface area contributed by atoms with E-state index < -0.39 is 0 Å². The van der Waals surface area contributed by atoms with E-state index in [0.29, 0.717) is 5.75 Å². The molecule has 0 aromatic rings. The molecule has 0 aliphatic rings. The Bertz CT molecular complexity index is 112. The first-order valence-electron chi connectivity index (χ1n) is 1.63. The standard InChI is InChI=1S/C3H5N3S/c4-2-6-3(5)1-7/h7H,1H2,(H2,5,6). The third kappa shape index (κ3) is 3.13. The van der Waals surface area contributed by atoms with Crippen molar-refractivity contribution in [1.82, 2.24) is 0 Å². The van der Waals surface area contributed by atoms with E-state index >= 15 is 0 Å². The minimum atomic E-state index is 0.255. The van der Waals surface area contributed by atoms with E-state index in [0.717, 1.165) is 0 Å². The van der Waals surface area contributed by atoms with Crippen molar-refractivity contribution in [2.24, 2.45) is 10.7 Å². The third-order valence-electron chi connectivity index (χ3n) is 0.356. The topological polar surface area (TPSA) is 62.2 Å². The minimum absolute atomic E-state index is 0.255. The van der Waals surface area contributed by atoms with Gasteiger partial charge in [-0.05, 0) is 0 Å². The molecular formula is C3H5N3S. The summed E-state index contributed by atoms with van der Waals surface area (Å²) in [5, 5.41) is 7.82. The van der Waals surface area contributed by atoms with Crippen molar-refractivity contribution in [1.29, 1.82) is 5.26 Å². The highest BCUT2D eigenvalue weighted by atomic mass is 32.1. The number of rotatable bonds is 1. The molecule has 7 heavy (non-hydrogen) atoms. The Hall–Kier alpha value is -0.690. The zero-order chi connectivity index (χ0) is 5.70. The first-order valence-corrected chi connectivity index (χ1v) is 2.26. The largest absolute Gasteiger partial charge is 0.386 e. The maximum absolute atomic E-state index is 7.82. The molecule has 38 valence electrons. The Morgan fingerprint density at radius 2 is 2.57 bits per heavy atom. The maximum atomic E-state index is 7.82. The summed E-state index contributed by atoms with van der Waals surface area (Å²) in [6.45, 7) is 0. The molecule has 0 rings (SSSR count). The zero-order valence-electron chi connectivity index (χ0n) is 3.63. The second kappa shape index (κ2) is 3.50. The van der Waals surface area contributed by atoms with Crippen LogP contribution in [0.2, 0.25) is 0 Å². The molecule has 0 fully saturated rings. The molecule has 0 atom stereocenters. The van der Waals surface area contributed by atoms with Crippen LogP contribution in [0.5, 0.6) is 0 Å². The van der Waals surface area contributed by atoms with Gasteiger partial charge in [-0.25, -0.2) is 0 Å². The van der Waals surface area contributed by atoms with Crippen molar-refractivity contribution in [2.45, 2.75) is 0 Å². The Labute approximate surface area is 47.3 Å². The van der Waals surface area contributed by atoms with E-state index in [1.165, 1.54) is 6.19 Å². The molecule has 4 heteroatoms. The van der Waals surface area contributed by atoms with Gasteiger partial charge in [-0.1, -0.05) is 0 Å². The molecule has 3 nitrogen and oxygen atoms in total. The summed E-state index contributed by atoms with van der Waals surface area (Å²) in [6.07, 6.45) is 1.53. The van der Waals surface area contributed by atoms with E-state index in [1.807, 2.05) is 0 Å². The summed E-state index contributed by atoms with van der Waals surface area (Å²) >= 11 is 3.74. The smallest absolute Gasteiger partial charge is 0.207 e. The molecule has 0 aliphatic heterocycles. The van der Waals surface area contributed by atoms with Gasteiger partial charge in [0.25, 0.3) is 0 Å². The second-order valence-corrected chi connectivity index (χ2v) is 1.18. The number of hydrogen-bond donors (Lipinski definition) is 2. The van der Waals surface area contributed by atoms with Crippen LogP contribution in [0.3, 0.4) is 0 Å². The molecule has 0 aromatic carbocycles. The maximum Gasteiger partial charge on any atom is 0.207 e. The minimum Gasteiger partial charge on any atom is -0.386 e. The first kappa shape index (κ1) is 6.31. The van der Waals surface area contributed by atoms with Gasteiger partial charge in [-0.3, -0.25) is 0 Å². The molecule has 0 spiro atoms. The average Bonchev–Trinajstić information content (AvgIpc) is 1.68. The van der Waals surface area contributed by atoms with Crippen molar-refractivity contribution < 1.29 is 0 Å². The van der Waals surface area contributed by atoms with Crippen LogP contribution < -0.4 is 5.73 Å². The summed E-state index contributed by atoms with van der Waals surface area (Å²) in [4.78, 5) is 3.17. The van der Waals surface area contributed by atoms with E-state index in [2.05, 4.69) is 17.6 Å². The van der Waals surface area contributed by atoms with Crippen molar-refractivity contribution in [3.8, 4) is 6.19 Å². The Morgan fingerprint density at radius 1 is 2.00 bits per heavy atom. The average molecular weight is 115 g/mol. The first-order chi connectivity index (χ1) is 3.31.